The average Bonchev–Trinajstić information content (AvgIpc) is 2.70. The first-order valence-corrected chi connectivity index (χ1v) is 6.54. The van der Waals surface area contributed by atoms with Gasteiger partial charge >= 0.3 is 0 Å². The van der Waals surface area contributed by atoms with Gasteiger partial charge in [-0.1, -0.05) is 26.8 Å². The van der Waals surface area contributed by atoms with Gasteiger partial charge in [0.1, 0.15) is 0 Å². The molecule has 3 heteroatoms. The van der Waals surface area contributed by atoms with Crippen molar-refractivity contribution in [3.05, 3.63) is 22.4 Å². The molecular formula is C12H22N2S. The van der Waals surface area contributed by atoms with Crippen LogP contribution < -0.4 is 5.73 Å². The molecule has 0 aliphatic heterocycles. The molecule has 0 fully saturated rings. The summed E-state index contributed by atoms with van der Waals surface area (Å²) in [5.74, 6) is 0.693. The highest BCUT2D eigenvalue weighted by Gasteiger charge is 2.18. The van der Waals surface area contributed by atoms with Gasteiger partial charge in [-0.15, -0.1) is 11.3 Å². The van der Waals surface area contributed by atoms with Gasteiger partial charge in [0, 0.05) is 18.0 Å². The molecule has 0 saturated carbocycles. The minimum atomic E-state index is 0.400. The fourth-order valence-electron chi connectivity index (χ4n) is 1.87. The molecule has 1 heterocycles. The zero-order valence-corrected chi connectivity index (χ0v) is 10.8. The molecule has 1 aromatic heterocycles. The summed E-state index contributed by atoms with van der Waals surface area (Å²) >= 11 is 1.80. The van der Waals surface area contributed by atoms with Crippen LogP contribution in [-0.2, 0) is 0 Å². The first-order chi connectivity index (χ1) is 7.19. The molecular weight excluding hydrogens is 204 g/mol. The van der Waals surface area contributed by atoms with Crippen molar-refractivity contribution >= 4 is 11.3 Å². The molecule has 1 rings (SSSR count). The highest BCUT2D eigenvalue weighted by Crippen LogP contribution is 2.24. The van der Waals surface area contributed by atoms with Gasteiger partial charge in [-0.25, -0.2) is 0 Å². The van der Waals surface area contributed by atoms with Crippen molar-refractivity contribution in [2.75, 3.05) is 19.6 Å². The van der Waals surface area contributed by atoms with Gasteiger partial charge in [0.25, 0.3) is 0 Å². The predicted molar refractivity (Wildman–Crippen MR) is 68.2 cm³/mol. The van der Waals surface area contributed by atoms with Gasteiger partial charge in [0.2, 0.25) is 0 Å². The Balaban J connectivity index is 2.71. The van der Waals surface area contributed by atoms with E-state index in [1.54, 1.807) is 11.3 Å². The molecule has 0 aromatic carbocycles. The lowest BCUT2D eigenvalue weighted by molar-refractivity contribution is 0.192. The maximum atomic E-state index is 5.88. The minimum absolute atomic E-state index is 0.400. The third kappa shape index (κ3) is 3.59. The van der Waals surface area contributed by atoms with E-state index >= 15 is 0 Å². The van der Waals surface area contributed by atoms with E-state index in [9.17, 15) is 0 Å². The molecule has 1 aromatic rings. The van der Waals surface area contributed by atoms with E-state index in [2.05, 4.69) is 43.2 Å². The number of nitrogens with two attached hydrogens (primary N) is 1. The van der Waals surface area contributed by atoms with Crippen LogP contribution in [0.15, 0.2) is 17.5 Å². The number of hydrogen-bond donors (Lipinski definition) is 1. The van der Waals surface area contributed by atoms with Crippen molar-refractivity contribution in [1.29, 1.82) is 0 Å². The SMILES string of the molecule is CCN(CC(C)C)C(CN)c1cccs1. The van der Waals surface area contributed by atoms with E-state index in [4.69, 9.17) is 5.73 Å². The molecule has 86 valence electrons. The number of likely N-dealkylation sites (N-methyl/N-ethyl adjacent to an activating group) is 1. The molecule has 0 bridgehead atoms. The quantitative estimate of drug-likeness (QED) is 0.808. The van der Waals surface area contributed by atoms with E-state index < -0.39 is 0 Å². The number of nitrogens with zero attached hydrogens (tertiary/aromatic N) is 1. The largest absolute Gasteiger partial charge is 0.329 e. The molecule has 0 aliphatic carbocycles. The van der Waals surface area contributed by atoms with Crippen molar-refractivity contribution in [3.63, 3.8) is 0 Å². The average molecular weight is 226 g/mol. The summed E-state index contributed by atoms with van der Waals surface area (Å²) in [5.41, 5.74) is 5.88. The Kier molecular flexibility index (Phi) is 5.29. The summed E-state index contributed by atoms with van der Waals surface area (Å²) in [6, 6.07) is 4.69. The molecule has 15 heavy (non-hydrogen) atoms. The number of hydrogen-bond acceptors (Lipinski definition) is 3. The Bertz CT molecular complexity index is 257. The normalized spacial score (nSPS) is 13.7. The Morgan fingerprint density at radius 2 is 2.20 bits per heavy atom. The molecule has 0 saturated heterocycles. The van der Waals surface area contributed by atoms with Gasteiger partial charge in [-0.2, -0.15) is 0 Å². The van der Waals surface area contributed by atoms with E-state index in [0.29, 0.717) is 18.5 Å². The molecule has 0 spiro atoms. The second-order valence-electron chi connectivity index (χ2n) is 4.25. The van der Waals surface area contributed by atoms with Gasteiger partial charge in [-0.3, -0.25) is 4.90 Å². The van der Waals surface area contributed by atoms with Crippen molar-refractivity contribution in [2.24, 2.45) is 11.7 Å². The summed E-state index contributed by atoms with van der Waals surface area (Å²) < 4.78 is 0. The Morgan fingerprint density at radius 3 is 2.60 bits per heavy atom. The fraction of sp³-hybridized carbons (Fsp3) is 0.667. The van der Waals surface area contributed by atoms with Crippen LogP contribution in [0.4, 0.5) is 0 Å². The topological polar surface area (TPSA) is 29.3 Å². The monoisotopic (exact) mass is 226 g/mol. The van der Waals surface area contributed by atoms with Crippen LogP contribution in [0, 0.1) is 5.92 Å². The predicted octanol–water partition coefficient (Wildman–Crippen LogP) is 2.73. The maximum absolute atomic E-state index is 5.88. The van der Waals surface area contributed by atoms with Crippen LogP contribution in [0.25, 0.3) is 0 Å². The molecule has 0 radical (unpaired) electrons. The first kappa shape index (κ1) is 12.7. The number of thiophene rings is 1. The van der Waals surface area contributed by atoms with Crippen molar-refractivity contribution in [1.82, 2.24) is 4.90 Å². The zero-order chi connectivity index (χ0) is 11.3. The van der Waals surface area contributed by atoms with Crippen molar-refractivity contribution < 1.29 is 0 Å². The first-order valence-electron chi connectivity index (χ1n) is 5.66. The van der Waals surface area contributed by atoms with E-state index in [1.165, 1.54) is 4.88 Å². The summed E-state index contributed by atoms with van der Waals surface area (Å²) in [5, 5.41) is 2.13. The zero-order valence-electron chi connectivity index (χ0n) is 9.94. The van der Waals surface area contributed by atoms with Gasteiger partial charge in [0.05, 0.1) is 6.04 Å². The molecule has 1 atom stereocenters. The second-order valence-corrected chi connectivity index (χ2v) is 5.23. The van der Waals surface area contributed by atoms with Gasteiger partial charge in [0.15, 0.2) is 0 Å². The summed E-state index contributed by atoms with van der Waals surface area (Å²) in [6.45, 7) is 9.61. The van der Waals surface area contributed by atoms with Crippen molar-refractivity contribution in [2.45, 2.75) is 26.8 Å². The summed E-state index contributed by atoms with van der Waals surface area (Å²) in [6.07, 6.45) is 0. The van der Waals surface area contributed by atoms with Crippen LogP contribution >= 0.6 is 11.3 Å². The Hall–Kier alpha value is -0.380. The van der Waals surface area contributed by atoms with Crippen LogP contribution in [0.2, 0.25) is 0 Å². The van der Waals surface area contributed by atoms with Crippen LogP contribution in [-0.4, -0.2) is 24.5 Å². The lowest BCUT2D eigenvalue weighted by Gasteiger charge is -2.30. The molecule has 0 aliphatic rings. The molecule has 0 amide bonds. The van der Waals surface area contributed by atoms with Crippen molar-refractivity contribution in [3.8, 4) is 0 Å². The second kappa shape index (κ2) is 6.26. The lowest BCUT2D eigenvalue weighted by Crippen LogP contribution is -2.35. The smallest absolute Gasteiger partial charge is 0.0564 e. The van der Waals surface area contributed by atoms with E-state index in [-0.39, 0.29) is 0 Å². The third-order valence-corrected chi connectivity index (χ3v) is 3.52. The minimum Gasteiger partial charge on any atom is -0.329 e. The molecule has 2 N–H and O–H groups in total. The molecule has 2 nitrogen and oxygen atoms in total. The van der Waals surface area contributed by atoms with Gasteiger partial charge < -0.3 is 5.73 Å². The van der Waals surface area contributed by atoms with Crippen LogP contribution in [0.1, 0.15) is 31.7 Å². The number of rotatable bonds is 6. The summed E-state index contributed by atoms with van der Waals surface area (Å²) in [7, 11) is 0. The third-order valence-electron chi connectivity index (χ3n) is 2.54. The standard InChI is InChI=1S/C12H22N2S/c1-4-14(9-10(2)3)11(8-13)12-6-5-7-15-12/h5-7,10-11H,4,8-9,13H2,1-3H3. The van der Waals surface area contributed by atoms with Crippen LogP contribution in [0.5, 0.6) is 0 Å². The highest BCUT2D eigenvalue weighted by molar-refractivity contribution is 7.10. The fourth-order valence-corrected chi connectivity index (χ4v) is 2.75. The Labute approximate surface area is 97.1 Å². The molecule has 1 unspecified atom stereocenters. The van der Waals surface area contributed by atoms with Crippen LogP contribution in [0.3, 0.4) is 0 Å². The lowest BCUT2D eigenvalue weighted by atomic mass is 10.1. The maximum Gasteiger partial charge on any atom is 0.0564 e. The highest BCUT2D eigenvalue weighted by atomic mass is 32.1. The Morgan fingerprint density at radius 1 is 1.47 bits per heavy atom. The van der Waals surface area contributed by atoms with E-state index in [1.807, 2.05) is 0 Å². The van der Waals surface area contributed by atoms with Gasteiger partial charge in [-0.05, 0) is 23.9 Å². The summed E-state index contributed by atoms with van der Waals surface area (Å²) in [4.78, 5) is 3.86. The van der Waals surface area contributed by atoms with E-state index in [0.717, 1.165) is 13.1 Å².